The number of esters is 4. The second-order valence-corrected chi connectivity index (χ2v) is 15.2. The summed E-state index contributed by atoms with van der Waals surface area (Å²) in [7, 11) is 0. The van der Waals surface area contributed by atoms with Crippen molar-refractivity contribution < 1.29 is 48.0 Å². The zero-order valence-corrected chi connectivity index (χ0v) is 30.2. The Morgan fingerprint density at radius 2 is 1.46 bits per heavy atom. The van der Waals surface area contributed by atoms with E-state index in [1.807, 2.05) is 13.0 Å². The van der Waals surface area contributed by atoms with Crippen molar-refractivity contribution in [1.29, 1.82) is 0 Å². The van der Waals surface area contributed by atoms with Crippen molar-refractivity contribution in [2.75, 3.05) is 0 Å². The molecule has 1 spiro atoms. The van der Waals surface area contributed by atoms with Gasteiger partial charge in [-0.15, -0.1) is 0 Å². The van der Waals surface area contributed by atoms with Gasteiger partial charge in [0.15, 0.2) is 17.3 Å². The molecule has 0 radical (unpaired) electrons. The van der Waals surface area contributed by atoms with Gasteiger partial charge in [0.2, 0.25) is 0 Å². The minimum Gasteiger partial charge on any atom is -0.458 e. The number of fused-ring (bicyclic) bond motifs is 1. The minimum atomic E-state index is -1.47. The summed E-state index contributed by atoms with van der Waals surface area (Å²) in [6.45, 7) is 8.19. The molecule has 6 rings (SSSR count). The number of carbonyl (C=O) groups is 4. The molecule has 2 aromatic carbocycles. The number of ether oxygens (including phenoxy) is 5. The quantitative estimate of drug-likeness (QED) is 0.166. The fraction of sp³-hybridized carbons (Fsp3) is 0.444. The third-order valence-corrected chi connectivity index (χ3v) is 11.3. The van der Waals surface area contributed by atoms with Gasteiger partial charge >= 0.3 is 23.9 Å². The molecular weight excluding hydrogens is 752 g/mol. The summed E-state index contributed by atoms with van der Waals surface area (Å²) in [5.74, 6) is -3.42. The van der Waals surface area contributed by atoms with E-state index in [0.717, 1.165) is 8.95 Å². The van der Waals surface area contributed by atoms with Gasteiger partial charge in [-0.1, -0.05) is 56.0 Å². The van der Waals surface area contributed by atoms with E-state index in [1.165, 1.54) is 6.92 Å². The Hall–Kier alpha value is -3.32. The third-order valence-electron chi connectivity index (χ3n) is 10.3. The smallest absolute Gasteiger partial charge is 0.342 e. The predicted molar refractivity (Wildman–Crippen MR) is 179 cm³/mol. The van der Waals surface area contributed by atoms with Gasteiger partial charge in [-0.3, -0.25) is 4.79 Å². The van der Waals surface area contributed by atoms with Crippen LogP contribution in [0.25, 0.3) is 0 Å². The fourth-order valence-electron chi connectivity index (χ4n) is 7.71. The number of benzene rings is 2. The minimum absolute atomic E-state index is 0.0565. The third kappa shape index (κ3) is 5.64. The summed E-state index contributed by atoms with van der Waals surface area (Å²) in [6.07, 6.45) is -1.91. The molecule has 254 valence electrons. The van der Waals surface area contributed by atoms with Gasteiger partial charge in [0.1, 0.15) is 24.4 Å². The lowest BCUT2D eigenvalue weighted by Crippen LogP contribution is -2.63. The van der Waals surface area contributed by atoms with E-state index >= 15 is 0 Å². The highest BCUT2D eigenvalue weighted by Crippen LogP contribution is 2.65. The maximum atomic E-state index is 13.6. The number of aliphatic hydroxyl groups is 1. The first-order valence-electron chi connectivity index (χ1n) is 15.7. The standard InChI is InChI=1S/C36H36Br2O10/c1-18-16-25(45-31(41)21-7-11-23(37)12-8-21)29(40)34(4)26(46-32(42)22-9-13-24(38)14-10-22)15-6-19(2)28(34)30(44-20(3)39)36-27(17-18)47-33(43)35(36,5)48-36/h6-14,17,25-30,40H,15-16H2,1-5H3/b18-17-/t25-,26-,27-,28+,29-,30?,34-,35-,36-/m0/s1. The van der Waals surface area contributed by atoms with Crippen LogP contribution in [0, 0.1) is 11.3 Å². The molecule has 1 N–H and O–H groups in total. The molecule has 0 bridgehead atoms. The van der Waals surface area contributed by atoms with Crippen LogP contribution in [0.1, 0.15) is 68.2 Å². The van der Waals surface area contributed by atoms with Crippen molar-refractivity contribution in [2.45, 2.75) is 89.2 Å². The monoisotopic (exact) mass is 786 g/mol. The number of rotatable bonds is 5. The molecule has 12 heteroatoms. The summed E-state index contributed by atoms with van der Waals surface area (Å²) in [4.78, 5) is 53.3. The first-order chi connectivity index (χ1) is 22.6. The molecule has 2 aromatic rings. The van der Waals surface area contributed by atoms with Gasteiger partial charge in [-0.2, -0.15) is 0 Å². The predicted octanol–water partition coefficient (Wildman–Crippen LogP) is 6.03. The maximum absolute atomic E-state index is 13.6. The molecule has 10 nitrogen and oxygen atoms in total. The lowest BCUT2D eigenvalue weighted by molar-refractivity contribution is -0.187. The molecular formula is C36H36Br2O10. The molecule has 4 aliphatic rings. The second kappa shape index (κ2) is 12.5. The van der Waals surface area contributed by atoms with E-state index in [4.69, 9.17) is 23.7 Å². The van der Waals surface area contributed by atoms with E-state index < -0.39 is 76.9 Å². The summed E-state index contributed by atoms with van der Waals surface area (Å²) in [5, 5.41) is 12.6. The summed E-state index contributed by atoms with van der Waals surface area (Å²) >= 11 is 6.75. The van der Waals surface area contributed by atoms with E-state index in [2.05, 4.69) is 31.9 Å². The number of hydrogen-bond donors (Lipinski definition) is 1. The molecule has 2 fully saturated rings. The number of hydrogen-bond acceptors (Lipinski definition) is 10. The van der Waals surface area contributed by atoms with Gasteiger partial charge in [0.25, 0.3) is 0 Å². The van der Waals surface area contributed by atoms with E-state index in [0.29, 0.717) is 16.7 Å². The molecule has 48 heavy (non-hydrogen) atoms. The zero-order chi connectivity index (χ0) is 34.8. The van der Waals surface area contributed by atoms with Crippen LogP contribution >= 0.6 is 31.9 Å². The lowest BCUT2D eigenvalue weighted by Gasteiger charge is -2.53. The van der Waals surface area contributed by atoms with Crippen molar-refractivity contribution >= 4 is 55.7 Å². The number of carbonyl (C=O) groups excluding carboxylic acids is 4. The summed E-state index contributed by atoms with van der Waals surface area (Å²) in [5.41, 5.74) is -2.42. The van der Waals surface area contributed by atoms with Gasteiger partial charge < -0.3 is 28.8 Å². The average Bonchev–Trinajstić information content (AvgIpc) is 3.62. The van der Waals surface area contributed by atoms with Crippen LogP contribution in [-0.4, -0.2) is 70.7 Å². The topological polar surface area (TPSA) is 138 Å². The van der Waals surface area contributed by atoms with Crippen molar-refractivity contribution in [3.05, 3.63) is 91.9 Å². The summed E-state index contributed by atoms with van der Waals surface area (Å²) in [6, 6.07) is 13.3. The van der Waals surface area contributed by atoms with Crippen LogP contribution in [0.15, 0.2) is 80.8 Å². The first-order valence-corrected chi connectivity index (χ1v) is 17.2. The Morgan fingerprint density at radius 3 is 2.00 bits per heavy atom. The number of halogens is 2. The highest BCUT2D eigenvalue weighted by atomic mass is 79.9. The Labute approximate surface area is 295 Å². The lowest BCUT2D eigenvalue weighted by atomic mass is 9.56. The Balaban J connectivity index is 1.50. The largest absolute Gasteiger partial charge is 0.458 e. The average molecular weight is 788 g/mol. The normalized spacial score (nSPS) is 36.5. The molecule has 2 aliphatic carbocycles. The van der Waals surface area contributed by atoms with E-state index in [9.17, 15) is 24.3 Å². The molecule has 1 unspecified atom stereocenters. The Kier molecular flexibility index (Phi) is 9.02. The van der Waals surface area contributed by atoms with E-state index in [-0.39, 0.29) is 18.4 Å². The Bertz CT molecular complexity index is 1720. The highest BCUT2D eigenvalue weighted by molar-refractivity contribution is 9.10. The molecule has 2 heterocycles. The van der Waals surface area contributed by atoms with Crippen LogP contribution in [-0.2, 0) is 33.3 Å². The highest BCUT2D eigenvalue weighted by Gasteiger charge is 2.87. The van der Waals surface area contributed by atoms with Crippen molar-refractivity contribution in [3.63, 3.8) is 0 Å². The zero-order valence-electron chi connectivity index (χ0n) is 27.0. The van der Waals surface area contributed by atoms with Gasteiger partial charge in [-0.05, 0) is 75.4 Å². The number of epoxide rings is 1. The summed E-state index contributed by atoms with van der Waals surface area (Å²) < 4.78 is 32.1. The molecule has 2 aliphatic heterocycles. The van der Waals surface area contributed by atoms with Crippen molar-refractivity contribution in [3.8, 4) is 0 Å². The van der Waals surface area contributed by atoms with Gasteiger partial charge in [0.05, 0.1) is 11.1 Å². The van der Waals surface area contributed by atoms with Crippen LogP contribution in [0.4, 0.5) is 0 Å². The van der Waals surface area contributed by atoms with Crippen LogP contribution < -0.4 is 0 Å². The molecule has 0 saturated carbocycles. The molecule has 0 aromatic heterocycles. The van der Waals surface area contributed by atoms with E-state index in [1.54, 1.807) is 75.4 Å². The second-order valence-electron chi connectivity index (χ2n) is 13.3. The molecule has 0 amide bonds. The fourth-order valence-corrected chi connectivity index (χ4v) is 8.23. The van der Waals surface area contributed by atoms with Crippen molar-refractivity contribution in [2.24, 2.45) is 11.3 Å². The SMILES string of the molecule is CC(=O)OC1[C@H]2C(C)=CC[C@H](OC(=O)c3ccc(Br)cc3)[C@]2(C)[C@@H](O)[C@@H](OC(=O)c2ccc(Br)cc2)C/C(C)=C\[C@@H]2OC(=O)[C@]3(C)O[C@]123. The Morgan fingerprint density at radius 1 is 0.896 bits per heavy atom. The van der Waals surface area contributed by atoms with Crippen LogP contribution in [0.2, 0.25) is 0 Å². The van der Waals surface area contributed by atoms with Crippen LogP contribution in [0.5, 0.6) is 0 Å². The number of aliphatic hydroxyl groups excluding tert-OH is 1. The first kappa shape index (κ1) is 34.5. The molecule has 9 atom stereocenters. The van der Waals surface area contributed by atoms with Crippen molar-refractivity contribution in [1.82, 2.24) is 0 Å². The van der Waals surface area contributed by atoms with Gasteiger partial charge in [-0.25, -0.2) is 14.4 Å². The molecule has 2 saturated heterocycles. The van der Waals surface area contributed by atoms with Crippen LogP contribution in [0.3, 0.4) is 0 Å². The van der Waals surface area contributed by atoms with Gasteiger partial charge in [0, 0.05) is 40.0 Å². The maximum Gasteiger partial charge on any atom is 0.342 e.